The lowest BCUT2D eigenvalue weighted by molar-refractivity contribution is 0.00203. The minimum atomic E-state index is 0.236. The molecule has 4 aromatic rings. The molecule has 26 heavy (non-hydrogen) atoms. The van der Waals surface area contributed by atoms with Crippen LogP contribution in [0.2, 0.25) is 0 Å². The second kappa shape index (κ2) is 6.08. The molecule has 0 radical (unpaired) electrons. The molecule has 5 heterocycles. The van der Waals surface area contributed by atoms with E-state index in [-0.39, 0.29) is 6.10 Å². The third kappa shape index (κ3) is 2.19. The first kappa shape index (κ1) is 16.8. The molecule has 136 valence electrons. The van der Waals surface area contributed by atoms with E-state index in [4.69, 9.17) is 4.74 Å². The van der Waals surface area contributed by atoms with Crippen LogP contribution >= 0.6 is 34.9 Å². The number of thioether (sulfide) groups is 2. The number of nitrogens with zero attached hydrogens (tertiary/aromatic N) is 6. The number of hydrogen-bond donors (Lipinski definition) is 0. The third-order valence-electron chi connectivity index (χ3n) is 4.89. The van der Waals surface area contributed by atoms with Crippen LogP contribution in [0.3, 0.4) is 0 Å². The van der Waals surface area contributed by atoms with E-state index >= 15 is 0 Å². The Morgan fingerprint density at radius 2 is 1.81 bits per heavy atom. The van der Waals surface area contributed by atoms with Crippen molar-refractivity contribution >= 4 is 56.5 Å². The molecule has 0 saturated heterocycles. The molecular formula is C16H18N6OS3. The van der Waals surface area contributed by atoms with Crippen molar-refractivity contribution in [3.63, 3.8) is 0 Å². The van der Waals surface area contributed by atoms with Crippen molar-refractivity contribution in [1.82, 2.24) is 29.2 Å². The van der Waals surface area contributed by atoms with E-state index in [2.05, 4.69) is 38.6 Å². The Hall–Kier alpha value is -1.36. The molecule has 0 bridgehead atoms. The van der Waals surface area contributed by atoms with Gasteiger partial charge in [-0.15, -0.1) is 31.7 Å². The minimum Gasteiger partial charge on any atom is -0.372 e. The van der Waals surface area contributed by atoms with Crippen molar-refractivity contribution in [2.45, 2.75) is 43.3 Å². The second-order valence-electron chi connectivity index (χ2n) is 6.65. The van der Waals surface area contributed by atoms with Crippen molar-refractivity contribution < 1.29 is 4.74 Å². The molecule has 4 aromatic heterocycles. The number of rotatable bonds is 3. The molecule has 7 nitrogen and oxygen atoms in total. The highest BCUT2D eigenvalue weighted by Gasteiger charge is 2.30. The van der Waals surface area contributed by atoms with Crippen LogP contribution < -0.4 is 0 Å². The van der Waals surface area contributed by atoms with Crippen molar-refractivity contribution in [2.75, 3.05) is 12.5 Å². The van der Waals surface area contributed by atoms with Gasteiger partial charge in [-0.25, -0.2) is 8.80 Å². The molecule has 1 aliphatic heterocycles. The smallest absolute Gasteiger partial charge is 0.245 e. The zero-order chi connectivity index (χ0) is 18.0. The van der Waals surface area contributed by atoms with Gasteiger partial charge in [-0.2, -0.15) is 0 Å². The highest BCUT2D eigenvalue weighted by atomic mass is 32.2. The summed E-state index contributed by atoms with van der Waals surface area (Å²) in [7, 11) is 0. The first-order valence-electron chi connectivity index (χ1n) is 8.40. The summed E-state index contributed by atoms with van der Waals surface area (Å²) in [5.74, 6) is 1.25. The summed E-state index contributed by atoms with van der Waals surface area (Å²) in [6, 6.07) is 0. The third-order valence-corrected chi connectivity index (χ3v) is 7.34. The summed E-state index contributed by atoms with van der Waals surface area (Å²) in [5.41, 5.74) is 2.22. The molecular weight excluding hydrogens is 388 g/mol. The van der Waals surface area contributed by atoms with Gasteiger partial charge in [-0.05, 0) is 24.0 Å². The Morgan fingerprint density at radius 1 is 1.08 bits per heavy atom. The van der Waals surface area contributed by atoms with Crippen LogP contribution in [0.5, 0.6) is 0 Å². The van der Waals surface area contributed by atoms with Gasteiger partial charge in [0.1, 0.15) is 4.83 Å². The fraction of sp³-hybridized carbons (Fsp3) is 0.500. The maximum absolute atomic E-state index is 6.10. The van der Waals surface area contributed by atoms with Gasteiger partial charge in [-0.1, -0.05) is 37.4 Å². The molecule has 0 aliphatic carbocycles. The molecule has 10 heteroatoms. The van der Waals surface area contributed by atoms with Crippen molar-refractivity contribution in [3.05, 3.63) is 10.4 Å². The molecule has 0 amide bonds. The minimum absolute atomic E-state index is 0.236. The summed E-state index contributed by atoms with van der Waals surface area (Å²) < 4.78 is 10.3. The van der Waals surface area contributed by atoms with Crippen LogP contribution in [0.4, 0.5) is 0 Å². The molecule has 5 rings (SSSR count). The predicted octanol–water partition coefficient (Wildman–Crippen LogP) is 3.53. The van der Waals surface area contributed by atoms with Gasteiger partial charge in [-0.3, -0.25) is 0 Å². The SMILES string of the molecule is CSc1nnc2c3c4c(sc3n3c(SC)nnc3n12)COC(C(C)C)C4. The van der Waals surface area contributed by atoms with Crippen LogP contribution in [0.15, 0.2) is 10.3 Å². The standard InChI is InChI=1S/C16H18N6OS3/c1-7(2)9-5-8-10(6-23-9)26-13-11(8)12-17-19-15(24-3)21(12)14-18-20-16(25-4)22(13)14/h7,9H,5-6H2,1-4H3. The van der Waals surface area contributed by atoms with E-state index in [0.29, 0.717) is 12.5 Å². The maximum atomic E-state index is 6.10. The van der Waals surface area contributed by atoms with E-state index in [1.807, 2.05) is 16.9 Å². The lowest BCUT2D eigenvalue weighted by Gasteiger charge is -2.26. The van der Waals surface area contributed by atoms with E-state index in [9.17, 15) is 0 Å². The quantitative estimate of drug-likeness (QED) is 0.482. The number of thiophene rings is 1. The van der Waals surface area contributed by atoms with Crippen molar-refractivity contribution in [1.29, 1.82) is 0 Å². The van der Waals surface area contributed by atoms with E-state index in [0.717, 1.165) is 33.0 Å². The van der Waals surface area contributed by atoms with Gasteiger partial charge in [0.2, 0.25) is 5.78 Å². The van der Waals surface area contributed by atoms with Crippen LogP contribution in [0.25, 0.3) is 21.6 Å². The average Bonchev–Trinajstić information content (AvgIpc) is 3.33. The van der Waals surface area contributed by atoms with E-state index in [1.54, 1.807) is 34.9 Å². The highest BCUT2D eigenvalue weighted by molar-refractivity contribution is 7.98. The fourth-order valence-corrected chi connectivity index (χ4v) is 5.80. The molecule has 1 atom stereocenters. The Kier molecular flexibility index (Phi) is 3.93. The van der Waals surface area contributed by atoms with Crippen LogP contribution in [-0.4, -0.2) is 47.8 Å². The van der Waals surface area contributed by atoms with Gasteiger partial charge in [0.05, 0.1) is 18.1 Å². The van der Waals surface area contributed by atoms with E-state index < -0.39 is 0 Å². The summed E-state index contributed by atoms with van der Waals surface area (Å²) in [6.07, 6.45) is 5.18. The number of ether oxygens (including phenoxy) is 1. The molecule has 0 saturated carbocycles. The zero-order valence-electron chi connectivity index (χ0n) is 14.9. The Labute approximate surface area is 162 Å². The average molecular weight is 407 g/mol. The Morgan fingerprint density at radius 3 is 2.54 bits per heavy atom. The molecule has 1 unspecified atom stereocenters. The zero-order valence-corrected chi connectivity index (χ0v) is 17.3. The molecule has 0 aromatic carbocycles. The van der Waals surface area contributed by atoms with Gasteiger partial charge >= 0.3 is 0 Å². The number of hydrogen-bond acceptors (Lipinski definition) is 8. The first-order valence-corrected chi connectivity index (χ1v) is 11.7. The van der Waals surface area contributed by atoms with Gasteiger partial charge in [0, 0.05) is 11.3 Å². The number of fused-ring (bicyclic) bond motifs is 8. The first-order chi connectivity index (χ1) is 12.6. The molecule has 1 aliphatic rings. The number of aromatic nitrogens is 6. The summed E-state index contributed by atoms with van der Waals surface area (Å²) >= 11 is 4.94. The summed E-state index contributed by atoms with van der Waals surface area (Å²) in [6.45, 7) is 5.09. The van der Waals surface area contributed by atoms with Crippen molar-refractivity contribution in [2.24, 2.45) is 5.92 Å². The maximum Gasteiger partial charge on any atom is 0.245 e. The molecule has 0 N–H and O–H groups in total. The van der Waals surface area contributed by atoms with Gasteiger partial charge in [0.15, 0.2) is 16.0 Å². The molecule has 0 fully saturated rings. The van der Waals surface area contributed by atoms with Gasteiger partial charge < -0.3 is 4.74 Å². The van der Waals surface area contributed by atoms with Crippen LogP contribution in [-0.2, 0) is 17.8 Å². The van der Waals surface area contributed by atoms with Crippen LogP contribution in [0.1, 0.15) is 24.3 Å². The summed E-state index contributed by atoms with van der Waals surface area (Å²) in [5, 5.41) is 20.6. The lowest BCUT2D eigenvalue weighted by atomic mass is 9.96. The van der Waals surface area contributed by atoms with Crippen molar-refractivity contribution in [3.8, 4) is 0 Å². The topological polar surface area (TPSA) is 69.6 Å². The summed E-state index contributed by atoms with van der Waals surface area (Å²) in [4.78, 5) is 2.42. The normalized spacial score (nSPS) is 17.8. The molecule has 0 spiro atoms. The second-order valence-corrected chi connectivity index (χ2v) is 9.28. The van der Waals surface area contributed by atoms with E-state index in [1.165, 1.54) is 15.8 Å². The van der Waals surface area contributed by atoms with Crippen LogP contribution in [0, 0.1) is 5.92 Å². The highest BCUT2D eigenvalue weighted by Crippen LogP contribution is 2.40. The Balaban J connectivity index is 1.94. The Bertz CT molecular complexity index is 1140. The lowest BCUT2D eigenvalue weighted by Crippen LogP contribution is -2.26. The predicted molar refractivity (Wildman–Crippen MR) is 106 cm³/mol. The largest absolute Gasteiger partial charge is 0.372 e. The monoisotopic (exact) mass is 406 g/mol. The van der Waals surface area contributed by atoms with Gasteiger partial charge in [0.25, 0.3) is 0 Å². The fourth-order valence-electron chi connectivity index (χ4n) is 3.55.